The highest BCUT2D eigenvalue weighted by Crippen LogP contribution is 2.27. The van der Waals surface area contributed by atoms with Gasteiger partial charge in [0.2, 0.25) is 5.91 Å². The molecule has 2 N–H and O–H groups in total. The highest BCUT2D eigenvalue weighted by molar-refractivity contribution is 7.15. The standard InChI is InChI=1S/C20H21N3O2S2/c1-11-9-18(27-13(11)3)19(25)23-20-22-17(10-26-20)16-7-5-15(6-8-16)12(2)21-14(4)24/h5-10,12H,1-4H3,(H,21,24)(H,22,23,25)/t12-/m0/s1. The van der Waals surface area contributed by atoms with Crippen LogP contribution in [-0.2, 0) is 4.79 Å². The molecule has 140 valence electrons. The summed E-state index contributed by atoms with van der Waals surface area (Å²) in [4.78, 5) is 29.9. The summed E-state index contributed by atoms with van der Waals surface area (Å²) in [5, 5.41) is 8.24. The molecule has 0 aliphatic heterocycles. The molecule has 2 amide bonds. The van der Waals surface area contributed by atoms with Gasteiger partial charge in [-0.1, -0.05) is 24.3 Å². The van der Waals surface area contributed by atoms with E-state index in [2.05, 4.69) is 15.6 Å². The molecule has 0 bridgehead atoms. The molecule has 0 aliphatic carbocycles. The van der Waals surface area contributed by atoms with E-state index in [1.165, 1.54) is 29.6 Å². The molecule has 27 heavy (non-hydrogen) atoms. The van der Waals surface area contributed by atoms with Gasteiger partial charge in [-0.15, -0.1) is 22.7 Å². The fourth-order valence-corrected chi connectivity index (χ4v) is 4.28. The van der Waals surface area contributed by atoms with Crippen molar-refractivity contribution in [3.63, 3.8) is 0 Å². The summed E-state index contributed by atoms with van der Waals surface area (Å²) in [6.45, 7) is 7.46. The molecule has 0 spiro atoms. The zero-order valence-electron chi connectivity index (χ0n) is 15.6. The Balaban J connectivity index is 1.70. The Hall–Kier alpha value is -2.51. The minimum atomic E-state index is -0.128. The fourth-order valence-electron chi connectivity index (χ4n) is 2.64. The number of carbonyl (C=O) groups is 2. The van der Waals surface area contributed by atoms with Gasteiger partial charge in [-0.2, -0.15) is 0 Å². The van der Waals surface area contributed by atoms with E-state index in [1.54, 1.807) is 0 Å². The molecular formula is C20H21N3O2S2. The number of thiophene rings is 1. The number of thiazole rings is 1. The van der Waals surface area contributed by atoms with E-state index in [1.807, 2.05) is 56.5 Å². The minimum absolute atomic E-state index is 0.0421. The summed E-state index contributed by atoms with van der Waals surface area (Å²) in [5.74, 6) is -0.181. The Morgan fingerprint density at radius 1 is 1.15 bits per heavy atom. The number of hydrogen-bond acceptors (Lipinski definition) is 5. The molecule has 2 heterocycles. The van der Waals surface area contributed by atoms with Crippen molar-refractivity contribution in [2.45, 2.75) is 33.7 Å². The van der Waals surface area contributed by atoms with Crippen LogP contribution in [0.2, 0.25) is 0 Å². The van der Waals surface area contributed by atoms with Crippen molar-refractivity contribution in [2.24, 2.45) is 0 Å². The summed E-state index contributed by atoms with van der Waals surface area (Å²) in [7, 11) is 0. The van der Waals surface area contributed by atoms with Gasteiger partial charge in [-0.3, -0.25) is 14.9 Å². The van der Waals surface area contributed by atoms with E-state index in [9.17, 15) is 9.59 Å². The third-order valence-electron chi connectivity index (χ3n) is 4.24. The van der Waals surface area contributed by atoms with Crippen LogP contribution in [0.15, 0.2) is 35.7 Å². The maximum Gasteiger partial charge on any atom is 0.267 e. The van der Waals surface area contributed by atoms with Gasteiger partial charge < -0.3 is 5.32 Å². The van der Waals surface area contributed by atoms with E-state index in [4.69, 9.17) is 0 Å². The van der Waals surface area contributed by atoms with Gasteiger partial charge in [-0.05, 0) is 38.0 Å². The molecule has 0 aliphatic rings. The largest absolute Gasteiger partial charge is 0.350 e. The van der Waals surface area contributed by atoms with Crippen LogP contribution < -0.4 is 10.6 Å². The van der Waals surface area contributed by atoms with Crippen molar-refractivity contribution >= 4 is 39.6 Å². The van der Waals surface area contributed by atoms with Gasteiger partial charge in [0.05, 0.1) is 16.6 Å². The number of aryl methyl sites for hydroxylation is 2. The fraction of sp³-hybridized carbons (Fsp3) is 0.250. The SMILES string of the molecule is CC(=O)N[C@@H](C)c1ccc(-c2csc(NC(=O)c3cc(C)c(C)s3)n2)cc1. The number of amides is 2. The van der Waals surface area contributed by atoms with Gasteiger partial charge >= 0.3 is 0 Å². The van der Waals surface area contributed by atoms with Gasteiger partial charge in [0, 0.05) is 22.7 Å². The topological polar surface area (TPSA) is 71.1 Å². The van der Waals surface area contributed by atoms with Gasteiger partial charge in [-0.25, -0.2) is 4.98 Å². The lowest BCUT2D eigenvalue weighted by Gasteiger charge is -2.12. The van der Waals surface area contributed by atoms with Crippen LogP contribution >= 0.6 is 22.7 Å². The molecule has 2 aromatic heterocycles. The quantitative estimate of drug-likeness (QED) is 0.638. The zero-order valence-corrected chi connectivity index (χ0v) is 17.3. The monoisotopic (exact) mass is 399 g/mol. The van der Waals surface area contributed by atoms with Crippen molar-refractivity contribution in [3.05, 3.63) is 56.6 Å². The Kier molecular flexibility index (Phi) is 5.72. The molecule has 0 saturated heterocycles. The Labute approximate surface area is 166 Å². The molecule has 1 atom stereocenters. The highest BCUT2D eigenvalue weighted by atomic mass is 32.1. The predicted molar refractivity (Wildman–Crippen MR) is 112 cm³/mol. The van der Waals surface area contributed by atoms with E-state index in [-0.39, 0.29) is 17.9 Å². The van der Waals surface area contributed by atoms with Crippen LogP contribution in [0.3, 0.4) is 0 Å². The predicted octanol–water partition coefficient (Wildman–Crippen LogP) is 4.94. The molecule has 5 nitrogen and oxygen atoms in total. The van der Waals surface area contributed by atoms with E-state index >= 15 is 0 Å². The molecule has 0 saturated carbocycles. The molecule has 1 aromatic carbocycles. The van der Waals surface area contributed by atoms with E-state index in [0.717, 1.165) is 27.3 Å². The lowest BCUT2D eigenvalue weighted by Crippen LogP contribution is -2.23. The first-order chi connectivity index (χ1) is 12.8. The first-order valence-electron chi connectivity index (χ1n) is 8.55. The smallest absolute Gasteiger partial charge is 0.267 e. The molecule has 0 fully saturated rings. The third-order valence-corrected chi connectivity index (χ3v) is 6.15. The number of rotatable bonds is 5. The normalized spacial score (nSPS) is 11.9. The van der Waals surface area contributed by atoms with Gasteiger partial charge in [0.1, 0.15) is 0 Å². The average molecular weight is 400 g/mol. The summed E-state index contributed by atoms with van der Waals surface area (Å²) in [5.41, 5.74) is 3.93. The summed E-state index contributed by atoms with van der Waals surface area (Å²) in [6.07, 6.45) is 0. The maximum absolute atomic E-state index is 12.4. The summed E-state index contributed by atoms with van der Waals surface area (Å²) in [6, 6.07) is 9.76. The van der Waals surface area contributed by atoms with Crippen LogP contribution in [-0.4, -0.2) is 16.8 Å². The average Bonchev–Trinajstić information content (AvgIpc) is 3.21. The van der Waals surface area contributed by atoms with Crippen molar-refractivity contribution in [3.8, 4) is 11.3 Å². The van der Waals surface area contributed by atoms with Crippen molar-refractivity contribution in [1.29, 1.82) is 0 Å². The number of nitrogens with zero attached hydrogens (tertiary/aromatic N) is 1. The number of hydrogen-bond donors (Lipinski definition) is 2. The number of aromatic nitrogens is 1. The van der Waals surface area contributed by atoms with Gasteiger partial charge in [0.25, 0.3) is 5.91 Å². The third kappa shape index (κ3) is 4.61. The second-order valence-electron chi connectivity index (χ2n) is 6.39. The number of nitrogens with one attached hydrogen (secondary N) is 2. The lowest BCUT2D eigenvalue weighted by atomic mass is 10.1. The molecule has 0 unspecified atom stereocenters. The van der Waals surface area contributed by atoms with Crippen LogP contribution in [0.5, 0.6) is 0 Å². The summed E-state index contributed by atoms with van der Waals surface area (Å²) >= 11 is 2.89. The molecule has 0 radical (unpaired) electrons. The first-order valence-corrected chi connectivity index (χ1v) is 10.2. The molecule has 3 aromatic rings. The highest BCUT2D eigenvalue weighted by Gasteiger charge is 2.13. The van der Waals surface area contributed by atoms with Crippen LogP contribution in [0.25, 0.3) is 11.3 Å². The second-order valence-corrected chi connectivity index (χ2v) is 8.50. The summed E-state index contributed by atoms with van der Waals surface area (Å²) < 4.78 is 0. The lowest BCUT2D eigenvalue weighted by molar-refractivity contribution is -0.119. The molecule has 7 heteroatoms. The van der Waals surface area contributed by atoms with Crippen LogP contribution in [0, 0.1) is 13.8 Å². The minimum Gasteiger partial charge on any atom is -0.350 e. The first kappa shape index (κ1) is 19.3. The van der Waals surface area contributed by atoms with Crippen LogP contribution in [0.4, 0.5) is 5.13 Å². The van der Waals surface area contributed by atoms with Crippen molar-refractivity contribution in [2.75, 3.05) is 5.32 Å². The maximum atomic E-state index is 12.4. The van der Waals surface area contributed by atoms with Crippen molar-refractivity contribution < 1.29 is 9.59 Å². The van der Waals surface area contributed by atoms with Crippen LogP contribution in [0.1, 0.15) is 45.6 Å². The van der Waals surface area contributed by atoms with E-state index < -0.39 is 0 Å². The zero-order chi connectivity index (χ0) is 19.6. The molecule has 3 rings (SSSR count). The molecular weight excluding hydrogens is 378 g/mol. The Bertz CT molecular complexity index is 954. The Morgan fingerprint density at radius 2 is 1.85 bits per heavy atom. The van der Waals surface area contributed by atoms with E-state index in [0.29, 0.717) is 10.0 Å². The van der Waals surface area contributed by atoms with Crippen molar-refractivity contribution in [1.82, 2.24) is 10.3 Å². The second kappa shape index (κ2) is 8.02. The Morgan fingerprint density at radius 3 is 2.44 bits per heavy atom. The van der Waals surface area contributed by atoms with Gasteiger partial charge in [0.15, 0.2) is 5.13 Å². The number of anilines is 1. The number of carbonyl (C=O) groups excluding carboxylic acids is 2. The number of benzene rings is 1.